The number of hydrogen-bond donors (Lipinski definition) is 3. The number of halogens is 1. The van der Waals surface area contributed by atoms with E-state index < -0.39 is 17.9 Å². The first-order valence-electron chi connectivity index (χ1n) is 7.74. The molecular weight excluding hydrogens is 332 g/mol. The molecule has 7 heteroatoms. The molecule has 0 bridgehead atoms. The Balaban J connectivity index is 2.94. The van der Waals surface area contributed by atoms with Crippen LogP contribution in [0.25, 0.3) is 0 Å². The SMILES string of the molecule is CC(C)CC(=O)Nc1ccc(Cl)c(C(=O)N[C@@H](C(=O)O)C(C)C)c1. The maximum Gasteiger partial charge on any atom is 0.326 e. The zero-order chi connectivity index (χ0) is 18.4. The summed E-state index contributed by atoms with van der Waals surface area (Å²) in [6.07, 6.45) is 0.360. The Kier molecular flexibility index (Phi) is 7.22. The zero-order valence-electron chi connectivity index (χ0n) is 14.2. The Hall–Kier alpha value is -2.08. The molecular formula is C17H23ClN2O4. The van der Waals surface area contributed by atoms with Crippen LogP contribution in [0, 0.1) is 11.8 Å². The summed E-state index contributed by atoms with van der Waals surface area (Å²) in [6.45, 7) is 7.25. The van der Waals surface area contributed by atoms with Crippen molar-refractivity contribution in [2.24, 2.45) is 11.8 Å². The number of aliphatic carboxylic acids is 1. The second-order valence-corrected chi connectivity index (χ2v) is 6.78. The number of hydrogen-bond acceptors (Lipinski definition) is 3. The number of benzene rings is 1. The van der Waals surface area contributed by atoms with Crippen LogP contribution in [0.2, 0.25) is 5.02 Å². The van der Waals surface area contributed by atoms with E-state index in [-0.39, 0.29) is 28.3 Å². The summed E-state index contributed by atoms with van der Waals surface area (Å²) in [5.41, 5.74) is 0.553. The molecule has 1 aromatic rings. The lowest BCUT2D eigenvalue weighted by atomic mass is 10.0. The van der Waals surface area contributed by atoms with E-state index in [0.717, 1.165) is 0 Å². The Morgan fingerprint density at radius 1 is 1.17 bits per heavy atom. The minimum absolute atomic E-state index is 0.117. The van der Waals surface area contributed by atoms with Crippen LogP contribution in [-0.2, 0) is 9.59 Å². The van der Waals surface area contributed by atoms with Crippen molar-refractivity contribution >= 4 is 35.1 Å². The van der Waals surface area contributed by atoms with Gasteiger partial charge in [0.2, 0.25) is 5.91 Å². The first kappa shape index (κ1) is 20.0. The monoisotopic (exact) mass is 354 g/mol. The third kappa shape index (κ3) is 5.85. The molecule has 3 N–H and O–H groups in total. The van der Waals surface area contributed by atoms with Crippen LogP contribution in [0.15, 0.2) is 18.2 Å². The second-order valence-electron chi connectivity index (χ2n) is 6.37. The smallest absolute Gasteiger partial charge is 0.326 e. The highest BCUT2D eigenvalue weighted by atomic mass is 35.5. The number of nitrogens with one attached hydrogen (secondary N) is 2. The molecule has 1 atom stereocenters. The predicted molar refractivity (Wildman–Crippen MR) is 93.3 cm³/mol. The third-order valence-corrected chi connectivity index (χ3v) is 3.64. The van der Waals surface area contributed by atoms with Gasteiger partial charge in [-0.15, -0.1) is 0 Å². The highest BCUT2D eigenvalue weighted by Crippen LogP contribution is 2.21. The number of amides is 2. The number of carboxylic acid groups (broad SMARTS) is 1. The minimum atomic E-state index is -1.11. The van der Waals surface area contributed by atoms with Gasteiger partial charge in [-0.05, 0) is 30.0 Å². The number of carbonyl (C=O) groups excluding carboxylic acids is 2. The average molecular weight is 355 g/mol. The number of anilines is 1. The number of carbonyl (C=O) groups is 3. The molecule has 0 radical (unpaired) electrons. The van der Waals surface area contributed by atoms with Crippen molar-refractivity contribution in [2.45, 2.75) is 40.2 Å². The third-order valence-electron chi connectivity index (χ3n) is 3.31. The predicted octanol–water partition coefficient (Wildman–Crippen LogP) is 3.16. The van der Waals surface area contributed by atoms with Crippen LogP contribution < -0.4 is 10.6 Å². The first-order chi connectivity index (χ1) is 11.1. The van der Waals surface area contributed by atoms with E-state index in [2.05, 4.69) is 10.6 Å². The molecule has 1 rings (SSSR count). The van der Waals surface area contributed by atoms with E-state index in [1.807, 2.05) is 13.8 Å². The lowest BCUT2D eigenvalue weighted by Crippen LogP contribution is -2.44. The van der Waals surface area contributed by atoms with E-state index in [4.69, 9.17) is 16.7 Å². The van der Waals surface area contributed by atoms with E-state index >= 15 is 0 Å². The van der Waals surface area contributed by atoms with E-state index in [1.165, 1.54) is 12.1 Å². The summed E-state index contributed by atoms with van der Waals surface area (Å²) in [4.78, 5) is 35.4. The van der Waals surface area contributed by atoms with Crippen LogP contribution in [0.3, 0.4) is 0 Å². The van der Waals surface area contributed by atoms with Crippen molar-refractivity contribution < 1.29 is 19.5 Å². The molecule has 0 fully saturated rings. The van der Waals surface area contributed by atoms with E-state index in [1.54, 1.807) is 19.9 Å². The molecule has 0 aliphatic carbocycles. The normalized spacial score (nSPS) is 12.1. The van der Waals surface area contributed by atoms with Crippen molar-refractivity contribution in [3.63, 3.8) is 0 Å². The molecule has 1 aromatic carbocycles. The minimum Gasteiger partial charge on any atom is -0.480 e. The summed E-state index contributed by atoms with van der Waals surface area (Å²) in [5.74, 6) is -1.94. The first-order valence-corrected chi connectivity index (χ1v) is 8.12. The molecule has 24 heavy (non-hydrogen) atoms. The fourth-order valence-corrected chi connectivity index (χ4v) is 2.30. The quantitative estimate of drug-likeness (QED) is 0.700. The molecule has 0 heterocycles. The van der Waals surface area contributed by atoms with Crippen LogP contribution in [0.4, 0.5) is 5.69 Å². The van der Waals surface area contributed by atoms with Gasteiger partial charge in [-0.3, -0.25) is 9.59 Å². The van der Waals surface area contributed by atoms with Gasteiger partial charge in [0.1, 0.15) is 6.04 Å². The van der Waals surface area contributed by atoms with Gasteiger partial charge in [-0.25, -0.2) is 4.79 Å². The van der Waals surface area contributed by atoms with Crippen molar-refractivity contribution in [2.75, 3.05) is 5.32 Å². The van der Waals surface area contributed by atoms with Crippen molar-refractivity contribution in [3.05, 3.63) is 28.8 Å². The Morgan fingerprint density at radius 3 is 2.29 bits per heavy atom. The standard InChI is InChI=1S/C17H23ClN2O4/c1-9(2)7-14(21)19-11-5-6-13(18)12(8-11)16(22)20-15(10(3)4)17(23)24/h5-6,8-10,15H,7H2,1-4H3,(H,19,21)(H,20,22)(H,23,24)/t15-/m1/s1. The molecule has 0 spiro atoms. The van der Waals surface area contributed by atoms with Gasteiger partial charge in [-0.1, -0.05) is 39.3 Å². The average Bonchev–Trinajstić information content (AvgIpc) is 2.44. The van der Waals surface area contributed by atoms with Crippen molar-refractivity contribution in [1.82, 2.24) is 5.32 Å². The lowest BCUT2D eigenvalue weighted by molar-refractivity contribution is -0.140. The lowest BCUT2D eigenvalue weighted by Gasteiger charge is -2.18. The number of rotatable bonds is 7. The van der Waals surface area contributed by atoms with Gasteiger partial charge in [0.05, 0.1) is 10.6 Å². The van der Waals surface area contributed by atoms with E-state index in [0.29, 0.717) is 12.1 Å². The topological polar surface area (TPSA) is 95.5 Å². The summed E-state index contributed by atoms with van der Waals surface area (Å²) in [7, 11) is 0. The summed E-state index contributed by atoms with van der Waals surface area (Å²) < 4.78 is 0. The maximum atomic E-state index is 12.3. The van der Waals surface area contributed by atoms with Crippen LogP contribution >= 0.6 is 11.6 Å². The summed E-state index contributed by atoms with van der Waals surface area (Å²) in [6, 6.07) is 3.50. The van der Waals surface area contributed by atoms with Gasteiger partial charge >= 0.3 is 5.97 Å². The van der Waals surface area contributed by atoms with Crippen molar-refractivity contribution in [3.8, 4) is 0 Å². The highest BCUT2D eigenvalue weighted by Gasteiger charge is 2.25. The number of carboxylic acids is 1. The van der Waals surface area contributed by atoms with E-state index in [9.17, 15) is 14.4 Å². The fraction of sp³-hybridized carbons (Fsp3) is 0.471. The van der Waals surface area contributed by atoms with Crippen LogP contribution in [-0.4, -0.2) is 28.9 Å². The van der Waals surface area contributed by atoms with Gasteiger partial charge in [-0.2, -0.15) is 0 Å². The van der Waals surface area contributed by atoms with Gasteiger partial charge in [0.15, 0.2) is 0 Å². The molecule has 0 aliphatic rings. The molecule has 132 valence electrons. The second kappa shape index (κ2) is 8.68. The zero-order valence-corrected chi connectivity index (χ0v) is 15.0. The largest absolute Gasteiger partial charge is 0.480 e. The van der Waals surface area contributed by atoms with Gasteiger partial charge in [0, 0.05) is 12.1 Å². The molecule has 2 amide bonds. The molecule has 0 unspecified atom stereocenters. The molecule has 0 aliphatic heterocycles. The Bertz CT molecular complexity index is 629. The van der Waals surface area contributed by atoms with Crippen LogP contribution in [0.1, 0.15) is 44.5 Å². The molecule has 0 saturated carbocycles. The van der Waals surface area contributed by atoms with Gasteiger partial charge in [0.25, 0.3) is 5.91 Å². The maximum absolute atomic E-state index is 12.3. The highest BCUT2D eigenvalue weighted by molar-refractivity contribution is 6.34. The fourth-order valence-electron chi connectivity index (χ4n) is 2.09. The summed E-state index contributed by atoms with van der Waals surface area (Å²) in [5, 5.41) is 14.5. The Labute approximate surface area is 146 Å². The molecule has 0 saturated heterocycles. The van der Waals surface area contributed by atoms with Gasteiger partial charge < -0.3 is 15.7 Å². The summed E-state index contributed by atoms with van der Waals surface area (Å²) >= 11 is 6.03. The van der Waals surface area contributed by atoms with Crippen LogP contribution in [0.5, 0.6) is 0 Å². The molecule has 0 aromatic heterocycles. The molecule has 6 nitrogen and oxygen atoms in total. The van der Waals surface area contributed by atoms with Crippen molar-refractivity contribution in [1.29, 1.82) is 0 Å². The Morgan fingerprint density at radius 2 is 1.79 bits per heavy atom.